The number of para-hydroxylation sites is 2. The van der Waals surface area contributed by atoms with Crippen LogP contribution in [0.25, 0.3) is 32.0 Å². The molecule has 2 aromatic heterocycles. The van der Waals surface area contributed by atoms with E-state index in [2.05, 4.69) is 60.7 Å². The highest BCUT2D eigenvalue weighted by atomic mass is 32.2. The van der Waals surface area contributed by atoms with E-state index in [9.17, 15) is 0 Å². The fourth-order valence-electron chi connectivity index (χ4n) is 12.8. The van der Waals surface area contributed by atoms with Gasteiger partial charge in [-0.15, -0.1) is 22.7 Å². The fourth-order valence-corrected chi connectivity index (χ4v) is 17.0. The number of alkyl halides is 6. The van der Waals surface area contributed by atoms with Crippen molar-refractivity contribution in [1.29, 1.82) is 0 Å². The number of aryl methyl sites for hydroxylation is 2. The first-order valence-corrected chi connectivity index (χ1v) is 33.5. The summed E-state index contributed by atoms with van der Waals surface area (Å²) in [4.78, 5) is 1.60. The number of thiophene rings is 2. The maximum absolute atomic E-state index is 16.6. The number of hydrogen-bond donors (Lipinski definition) is 0. The maximum atomic E-state index is 16.6. The van der Waals surface area contributed by atoms with Crippen molar-refractivity contribution in [2.45, 2.75) is 108 Å². The van der Waals surface area contributed by atoms with Gasteiger partial charge in [-0.2, -0.15) is 49.9 Å². The van der Waals surface area contributed by atoms with Crippen LogP contribution in [0.15, 0.2) is 109 Å². The van der Waals surface area contributed by atoms with Crippen molar-refractivity contribution in [3.8, 4) is 43.9 Å². The second-order valence-electron chi connectivity index (χ2n) is 22.6. The molecule has 0 atom stereocenters. The first kappa shape index (κ1) is 61.1. The summed E-state index contributed by atoms with van der Waals surface area (Å²) in [5, 5.41) is 0. The summed E-state index contributed by atoms with van der Waals surface area (Å²) < 4.78 is 138. The molecule has 6 aromatic carbocycles. The van der Waals surface area contributed by atoms with Gasteiger partial charge in [0, 0.05) is 90.5 Å². The van der Waals surface area contributed by atoms with E-state index in [1.165, 1.54) is 0 Å². The molecule has 0 saturated heterocycles. The van der Waals surface area contributed by atoms with Crippen LogP contribution >= 0.6 is 46.2 Å². The summed E-state index contributed by atoms with van der Waals surface area (Å²) in [7, 11) is 0. The van der Waals surface area contributed by atoms with E-state index in [0.717, 1.165) is 112 Å². The molecule has 87 heavy (non-hydrogen) atoms. The summed E-state index contributed by atoms with van der Waals surface area (Å²) in [5.41, 5.74) is 11.0. The maximum Gasteiger partial charge on any atom is 0.380 e. The van der Waals surface area contributed by atoms with Crippen LogP contribution in [0.1, 0.15) is 113 Å². The van der Waals surface area contributed by atoms with Gasteiger partial charge in [0.2, 0.25) is 0 Å². The zero-order valence-corrected chi connectivity index (χ0v) is 52.8. The Hall–Kier alpha value is -6.14. The highest BCUT2D eigenvalue weighted by Crippen LogP contribution is 2.67. The Morgan fingerprint density at radius 2 is 0.759 bits per heavy atom. The number of fused-ring (bicyclic) bond motifs is 2. The predicted molar refractivity (Wildman–Crippen MR) is 342 cm³/mol. The monoisotopic (exact) mass is 1260 g/mol. The van der Waals surface area contributed by atoms with Crippen LogP contribution in [0, 0.1) is 27.7 Å². The topological polar surface area (TPSA) is 55.4 Å². The molecule has 0 unspecified atom stereocenters. The Balaban J connectivity index is 1.03. The molecule has 5 aliphatic heterocycles. The number of rotatable bonds is 4. The quantitative estimate of drug-likeness (QED) is 0.162. The first-order chi connectivity index (χ1) is 42.0. The third-order valence-electron chi connectivity index (χ3n) is 16.7. The molecule has 0 saturated carbocycles. The van der Waals surface area contributed by atoms with Crippen molar-refractivity contribution < 1.29 is 54.8 Å². The molecule has 7 aliphatic rings. The van der Waals surface area contributed by atoms with Gasteiger partial charge in [0.1, 0.15) is 36.2 Å². The van der Waals surface area contributed by atoms with Crippen LogP contribution in [-0.4, -0.2) is 70.6 Å². The van der Waals surface area contributed by atoms with Crippen LogP contribution < -0.4 is 18.9 Å². The predicted octanol–water partition coefficient (Wildman–Crippen LogP) is 18.7. The number of hydrogen-bond acceptors (Lipinski definition) is 10. The highest BCUT2D eigenvalue weighted by molar-refractivity contribution is 7.98. The van der Waals surface area contributed by atoms with Crippen molar-refractivity contribution in [2.24, 2.45) is 0 Å². The summed E-state index contributed by atoms with van der Waals surface area (Å²) in [5.74, 6) is -10.3. The summed E-state index contributed by atoms with van der Waals surface area (Å²) in [6.45, 7) is 13.4. The molecular weight excluding hydrogens is 1190 g/mol. The third-order valence-corrected chi connectivity index (χ3v) is 21.4. The standard InChI is InChI=1S/C71H68F6O6S4/c1-7-80-65-55-29-47-30-56(65)34-52-12-10-14-54-36-58-32-48(31-57(66(58)81-8-2)35-53-13-9-11-51(33-55)63(53)82-27-25-78-23-24-79-26-28-83-64(52)54)40-85-38-46-17-21-50(22-18-46)68-42(4)60(44(6)87-68)62-61(69(72,73)71(76,77)70(62,74)75)59-41(3)67(86-43(59)5)49-19-15-45(16-20-49)37-84-39-47/h9-22,29-32H,7-8,23-28,33-40H2,1-6H3. The molecule has 0 amide bonds. The Bertz CT molecular complexity index is 3560. The van der Waals surface area contributed by atoms with Crippen molar-refractivity contribution in [1.82, 2.24) is 0 Å². The van der Waals surface area contributed by atoms with Gasteiger partial charge in [-0.1, -0.05) is 109 Å². The average molecular weight is 1260 g/mol. The van der Waals surface area contributed by atoms with Crippen molar-refractivity contribution in [3.05, 3.63) is 208 Å². The van der Waals surface area contributed by atoms with Gasteiger partial charge in [-0.25, -0.2) is 0 Å². The van der Waals surface area contributed by atoms with E-state index < -0.39 is 28.9 Å². The third kappa shape index (κ3) is 11.8. The normalized spacial score (nSPS) is 17.6. The summed E-state index contributed by atoms with van der Waals surface area (Å²) >= 11 is 5.77. The Morgan fingerprint density at radius 1 is 0.425 bits per heavy atom. The highest BCUT2D eigenvalue weighted by Gasteiger charge is 2.80. The largest absolute Gasteiger partial charge is 0.493 e. The van der Waals surface area contributed by atoms with Crippen LogP contribution in [0.3, 0.4) is 0 Å². The van der Waals surface area contributed by atoms with E-state index in [-0.39, 0.29) is 32.0 Å². The first-order valence-electron chi connectivity index (χ1n) is 29.6. The molecule has 454 valence electrons. The average Bonchev–Trinajstić information content (AvgIpc) is 1.54. The molecule has 6 nitrogen and oxygen atoms in total. The van der Waals surface area contributed by atoms with E-state index in [4.69, 9.17) is 28.4 Å². The molecule has 2 aliphatic carbocycles. The molecule has 8 aromatic rings. The van der Waals surface area contributed by atoms with Gasteiger partial charge in [0.25, 0.3) is 0 Å². The minimum atomic E-state index is -5.69. The Labute approximate surface area is 521 Å². The number of thioether (sulfide) groups is 2. The Kier molecular flexibility index (Phi) is 17.8. The van der Waals surface area contributed by atoms with Gasteiger partial charge >= 0.3 is 17.8 Å². The lowest BCUT2D eigenvalue weighted by atomic mass is 9.89. The summed E-state index contributed by atoms with van der Waals surface area (Å²) in [6, 6.07) is 37.3. The van der Waals surface area contributed by atoms with Crippen LogP contribution in [0.4, 0.5) is 26.3 Å². The minimum Gasteiger partial charge on any atom is -0.493 e. The van der Waals surface area contributed by atoms with Gasteiger partial charge < -0.3 is 28.4 Å². The molecule has 20 bridgehead atoms. The van der Waals surface area contributed by atoms with Gasteiger partial charge in [-0.3, -0.25) is 0 Å². The van der Waals surface area contributed by atoms with Crippen molar-refractivity contribution >= 4 is 57.3 Å². The lowest BCUT2D eigenvalue weighted by Gasteiger charge is -2.26. The molecule has 0 radical (unpaired) electrons. The molecule has 7 heterocycles. The fraction of sp³-hybridized carbons (Fsp3) is 0.352. The van der Waals surface area contributed by atoms with E-state index in [0.29, 0.717) is 122 Å². The van der Waals surface area contributed by atoms with Gasteiger partial charge in [0.05, 0.1) is 39.6 Å². The van der Waals surface area contributed by atoms with Crippen molar-refractivity contribution in [2.75, 3.05) is 52.9 Å². The van der Waals surface area contributed by atoms with Crippen molar-refractivity contribution in [3.63, 3.8) is 0 Å². The van der Waals surface area contributed by atoms with E-state index in [1.54, 1.807) is 51.2 Å². The lowest BCUT2D eigenvalue weighted by molar-refractivity contribution is -0.254. The lowest BCUT2D eigenvalue weighted by Crippen LogP contribution is -2.49. The zero-order valence-electron chi connectivity index (χ0n) is 49.6. The Morgan fingerprint density at radius 3 is 1.10 bits per heavy atom. The molecular formula is C71H68F6O6S4. The van der Waals surface area contributed by atoms with Gasteiger partial charge in [0.15, 0.2) is 0 Å². The van der Waals surface area contributed by atoms with E-state index in [1.807, 2.05) is 62.4 Å². The summed E-state index contributed by atoms with van der Waals surface area (Å²) in [6.07, 6.45) is 2.07. The van der Waals surface area contributed by atoms with E-state index >= 15 is 26.3 Å². The number of allylic oxidation sites excluding steroid dienone is 2. The molecule has 0 N–H and O–H groups in total. The molecule has 15 rings (SSSR count). The number of halogens is 6. The molecule has 0 fully saturated rings. The smallest absolute Gasteiger partial charge is 0.380 e. The number of benzene rings is 6. The zero-order chi connectivity index (χ0) is 60.8. The molecule has 0 spiro atoms. The van der Waals surface area contributed by atoms with Gasteiger partial charge in [-0.05, 0) is 131 Å². The van der Waals surface area contributed by atoms with Crippen LogP contribution in [0.5, 0.6) is 23.0 Å². The minimum absolute atomic E-state index is 0.247. The molecule has 16 heteroatoms. The number of ether oxygens (including phenoxy) is 6. The second-order valence-corrected chi connectivity index (χ2v) is 27.0. The SMILES string of the molecule is CCOc1c2cc3cc1Cc1cccc4c1OCCOCCOCCOc1c(cccc1Cc1cc(cc(c1OCC)C4)CSCc1ccc(cc1)-c1sc(C)c(c1C)C1=C(c4c(C)sc(c4C)-c4ccc(cc4)CSC3)C(F)(F)C(F)(F)C1(F)F)C2. The van der Waals surface area contributed by atoms with Crippen LogP contribution in [-0.2, 0) is 58.2 Å². The van der Waals surface area contributed by atoms with Crippen LogP contribution in [0.2, 0.25) is 0 Å². The second kappa shape index (κ2) is 25.4.